The lowest BCUT2D eigenvalue weighted by atomic mass is 9.74. The fraction of sp³-hybridized carbons (Fsp3) is 0.400. The summed E-state index contributed by atoms with van der Waals surface area (Å²) in [5, 5.41) is 14.7. The number of amides is 1. The number of carbonyl (C=O) groups is 1. The molecule has 1 N–H and O–H groups in total. The molecule has 0 bridgehead atoms. The van der Waals surface area contributed by atoms with E-state index in [9.17, 15) is 9.18 Å². The zero-order valence-electron chi connectivity index (χ0n) is 16.5. The largest absolute Gasteiger partial charge is 0.408 e. The number of rotatable bonds is 6. The molecular weight excluding hydrogens is 377 g/mol. The smallest absolute Gasteiger partial charge is 0.318 e. The molecule has 8 nitrogen and oxygen atoms in total. The van der Waals surface area contributed by atoms with Gasteiger partial charge in [-0.2, -0.15) is 0 Å². The first-order valence-corrected chi connectivity index (χ1v) is 9.36. The van der Waals surface area contributed by atoms with Gasteiger partial charge < -0.3 is 19.2 Å². The normalized spacial score (nSPS) is 15.2. The van der Waals surface area contributed by atoms with Crippen LogP contribution in [-0.4, -0.2) is 34.4 Å². The second-order valence-electron chi connectivity index (χ2n) is 7.49. The molecule has 1 amide bonds. The Balaban J connectivity index is 1.53. The van der Waals surface area contributed by atoms with Gasteiger partial charge >= 0.3 is 6.01 Å². The van der Waals surface area contributed by atoms with Crippen LogP contribution in [0, 0.1) is 32.0 Å². The lowest BCUT2D eigenvalue weighted by Gasteiger charge is -2.48. The molecule has 3 heterocycles. The summed E-state index contributed by atoms with van der Waals surface area (Å²) >= 11 is 0. The van der Waals surface area contributed by atoms with Crippen molar-refractivity contribution < 1.29 is 18.1 Å². The van der Waals surface area contributed by atoms with Crippen molar-refractivity contribution in [3.8, 4) is 0 Å². The van der Waals surface area contributed by atoms with Crippen molar-refractivity contribution in [1.82, 2.24) is 20.7 Å². The lowest BCUT2D eigenvalue weighted by molar-refractivity contribution is -0.132. The van der Waals surface area contributed by atoms with Crippen molar-refractivity contribution in [2.24, 2.45) is 5.41 Å². The lowest BCUT2D eigenvalue weighted by Crippen LogP contribution is -2.64. The number of nitrogens with zero attached hydrogens (tertiary/aromatic N) is 4. The third-order valence-corrected chi connectivity index (χ3v) is 5.35. The van der Waals surface area contributed by atoms with Crippen molar-refractivity contribution >= 4 is 11.9 Å². The Bertz CT molecular complexity index is 1020. The summed E-state index contributed by atoms with van der Waals surface area (Å²) in [6.45, 7) is 6.36. The molecule has 4 rings (SSSR count). The SMILES string of the molecule is Cc1nnc(N2CC(Cc3ccccc3F)(C(=O)NCc3c(C)noc3C)C2)o1. The zero-order valence-corrected chi connectivity index (χ0v) is 16.5. The first kappa shape index (κ1) is 19.1. The molecule has 1 aliphatic rings. The molecule has 0 atom stereocenters. The summed E-state index contributed by atoms with van der Waals surface area (Å²) in [5.74, 6) is 0.641. The molecule has 0 saturated carbocycles. The molecule has 0 unspecified atom stereocenters. The number of aryl methyl sites for hydroxylation is 3. The van der Waals surface area contributed by atoms with Crippen LogP contribution in [0.3, 0.4) is 0 Å². The number of halogens is 1. The van der Waals surface area contributed by atoms with Crippen LogP contribution in [0.1, 0.15) is 28.5 Å². The van der Waals surface area contributed by atoms with Crippen molar-refractivity contribution in [2.45, 2.75) is 33.7 Å². The third-order valence-electron chi connectivity index (χ3n) is 5.35. The second kappa shape index (κ2) is 7.31. The van der Waals surface area contributed by atoms with E-state index in [1.54, 1.807) is 32.0 Å². The van der Waals surface area contributed by atoms with Crippen LogP contribution in [0.2, 0.25) is 0 Å². The van der Waals surface area contributed by atoms with Gasteiger partial charge in [0.1, 0.15) is 11.6 Å². The van der Waals surface area contributed by atoms with Gasteiger partial charge in [-0.3, -0.25) is 4.79 Å². The third kappa shape index (κ3) is 3.59. The van der Waals surface area contributed by atoms with E-state index in [1.807, 2.05) is 11.8 Å². The van der Waals surface area contributed by atoms with Gasteiger partial charge in [-0.15, -0.1) is 5.10 Å². The maximum atomic E-state index is 14.3. The van der Waals surface area contributed by atoms with Crippen LogP contribution in [0.4, 0.5) is 10.4 Å². The Kier molecular flexibility index (Phi) is 4.81. The molecule has 0 radical (unpaired) electrons. The van der Waals surface area contributed by atoms with Gasteiger partial charge in [-0.1, -0.05) is 28.5 Å². The highest BCUT2D eigenvalue weighted by atomic mass is 19.1. The maximum absolute atomic E-state index is 14.3. The summed E-state index contributed by atoms with van der Waals surface area (Å²) in [4.78, 5) is 15.0. The fourth-order valence-electron chi connectivity index (χ4n) is 3.69. The first-order valence-electron chi connectivity index (χ1n) is 9.36. The quantitative estimate of drug-likeness (QED) is 0.680. The number of nitrogens with one attached hydrogen (secondary N) is 1. The molecular formula is C20H22FN5O3. The van der Waals surface area contributed by atoms with Gasteiger partial charge in [-0.25, -0.2) is 4.39 Å². The van der Waals surface area contributed by atoms with Crippen LogP contribution < -0.4 is 10.2 Å². The van der Waals surface area contributed by atoms with Gasteiger partial charge in [0.2, 0.25) is 11.8 Å². The molecule has 0 spiro atoms. The van der Waals surface area contributed by atoms with E-state index in [-0.39, 0.29) is 18.1 Å². The summed E-state index contributed by atoms with van der Waals surface area (Å²) in [5.41, 5.74) is 1.29. The van der Waals surface area contributed by atoms with Crippen LogP contribution in [0.15, 0.2) is 33.2 Å². The van der Waals surface area contributed by atoms with E-state index in [4.69, 9.17) is 8.94 Å². The van der Waals surface area contributed by atoms with E-state index in [1.165, 1.54) is 6.07 Å². The number of hydrogen-bond acceptors (Lipinski definition) is 7. The van der Waals surface area contributed by atoms with Crippen LogP contribution in [0.25, 0.3) is 0 Å². The molecule has 152 valence electrons. The standard InChI is InChI=1S/C20H22FN5O3/c1-12-16(13(2)29-25-12)9-22-18(27)20(8-15-6-4-5-7-17(15)21)10-26(11-20)19-24-23-14(3)28-19/h4-7H,8-11H2,1-3H3,(H,22,27). The summed E-state index contributed by atoms with van der Waals surface area (Å²) in [7, 11) is 0. The molecule has 1 aromatic carbocycles. The topological polar surface area (TPSA) is 97.3 Å². The Labute approximate surface area is 167 Å². The number of benzene rings is 1. The molecule has 9 heteroatoms. The van der Waals surface area contributed by atoms with Gasteiger partial charge in [0.15, 0.2) is 0 Å². The minimum atomic E-state index is -0.802. The molecule has 0 aliphatic carbocycles. The summed E-state index contributed by atoms with van der Waals surface area (Å²) in [6, 6.07) is 6.88. The Hall–Kier alpha value is -3.23. The van der Waals surface area contributed by atoms with E-state index in [0.717, 1.165) is 11.3 Å². The molecule has 1 fully saturated rings. The Morgan fingerprint density at radius 3 is 2.62 bits per heavy atom. The average Bonchev–Trinajstić information content (AvgIpc) is 3.23. The van der Waals surface area contributed by atoms with Crippen LogP contribution in [0.5, 0.6) is 0 Å². The summed E-state index contributed by atoms with van der Waals surface area (Å²) < 4.78 is 24.9. The van der Waals surface area contributed by atoms with Crippen molar-refractivity contribution in [3.63, 3.8) is 0 Å². The average molecular weight is 399 g/mol. The highest BCUT2D eigenvalue weighted by Crippen LogP contribution is 2.38. The first-order chi connectivity index (χ1) is 13.9. The van der Waals surface area contributed by atoms with Gasteiger partial charge in [0.25, 0.3) is 0 Å². The minimum Gasteiger partial charge on any atom is -0.408 e. The molecule has 1 saturated heterocycles. The van der Waals surface area contributed by atoms with Crippen molar-refractivity contribution in [2.75, 3.05) is 18.0 Å². The van der Waals surface area contributed by atoms with Gasteiger partial charge in [0, 0.05) is 32.1 Å². The second-order valence-corrected chi connectivity index (χ2v) is 7.49. The fourth-order valence-corrected chi connectivity index (χ4v) is 3.69. The molecule has 2 aromatic heterocycles. The molecule has 29 heavy (non-hydrogen) atoms. The van der Waals surface area contributed by atoms with Crippen molar-refractivity contribution in [1.29, 1.82) is 0 Å². The zero-order chi connectivity index (χ0) is 20.6. The van der Waals surface area contributed by atoms with Crippen molar-refractivity contribution in [3.05, 3.63) is 58.6 Å². The summed E-state index contributed by atoms with van der Waals surface area (Å²) in [6.07, 6.45) is 0.275. The number of aromatic nitrogens is 3. The maximum Gasteiger partial charge on any atom is 0.318 e. The van der Waals surface area contributed by atoms with Gasteiger partial charge in [-0.05, 0) is 31.9 Å². The van der Waals surface area contributed by atoms with Gasteiger partial charge in [0.05, 0.1) is 11.1 Å². The van der Waals surface area contributed by atoms with Crippen LogP contribution in [-0.2, 0) is 17.8 Å². The highest BCUT2D eigenvalue weighted by Gasteiger charge is 2.51. The Morgan fingerprint density at radius 1 is 1.24 bits per heavy atom. The Morgan fingerprint density at radius 2 is 2.00 bits per heavy atom. The van der Waals surface area contributed by atoms with E-state index in [0.29, 0.717) is 42.9 Å². The predicted octanol–water partition coefficient (Wildman–Crippen LogP) is 2.49. The van der Waals surface area contributed by atoms with E-state index >= 15 is 0 Å². The molecule has 1 aliphatic heterocycles. The number of hydrogen-bond donors (Lipinski definition) is 1. The minimum absolute atomic E-state index is 0.159. The number of carbonyl (C=O) groups excluding carboxylic acids is 1. The molecule has 3 aromatic rings. The monoisotopic (exact) mass is 399 g/mol. The number of anilines is 1. The highest BCUT2D eigenvalue weighted by molar-refractivity contribution is 5.86. The van der Waals surface area contributed by atoms with E-state index < -0.39 is 5.41 Å². The predicted molar refractivity (Wildman–Crippen MR) is 102 cm³/mol. The van der Waals surface area contributed by atoms with Crippen LogP contribution >= 0.6 is 0 Å². The van der Waals surface area contributed by atoms with E-state index in [2.05, 4.69) is 20.7 Å².